The van der Waals surface area contributed by atoms with Gasteiger partial charge in [-0.1, -0.05) is 24.3 Å². The Balaban J connectivity index is 2.09. The first kappa shape index (κ1) is 17.2. The molecule has 1 heterocycles. The van der Waals surface area contributed by atoms with E-state index >= 15 is 0 Å². The van der Waals surface area contributed by atoms with E-state index in [1.54, 1.807) is 13.0 Å². The Morgan fingerprint density at radius 3 is 2.44 bits per heavy atom. The summed E-state index contributed by atoms with van der Waals surface area (Å²) in [6, 6.07) is 10.8. The van der Waals surface area contributed by atoms with Crippen molar-refractivity contribution in [1.29, 1.82) is 0 Å². The highest BCUT2D eigenvalue weighted by atomic mass is 35.5. The van der Waals surface area contributed by atoms with Crippen LogP contribution in [-0.4, -0.2) is 21.8 Å². The molecule has 0 aliphatic rings. The largest absolute Gasteiger partial charge is 0.275 e. The molecule has 3 rings (SSSR count). The van der Waals surface area contributed by atoms with Crippen LogP contribution in [0.15, 0.2) is 42.5 Å². The number of alkyl halides is 1. The quantitative estimate of drug-likeness (QED) is 0.660. The molecule has 1 aromatic heterocycles. The zero-order valence-electron chi connectivity index (χ0n) is 13.3. The molecule has 128 valence electrons. The minimum atomic E-state index is -0.745. The van der Waals surface area contributed by atoms with E-state index in [1.807, 2.05) is 18.2 Å². The predicted molar refractivity (Wildman–Crippen MR) is 92.5 cm³/mol. The number of hydrogen-bond acceptors (Lipinski definition) is 3. The van der Waals surface area contributed by atoms with Crippen LogP contribution in [0.4, 0.5) is 14.7 Å². The van der Waals surface area contributed by atoms with Crippen LogP contribution in [-0.2, 0) is 11.3 Å². The van der Waals surface area contributed by atoms with Crippen LogP contribution >= 0.6 is 11.6 Å². The lowest BCUT2D eigenvalue weighted by molar-refractivity contribution is -0.116. The summed E-state index contributed by atoms with van der Waals surface area (Å²) in [5.74, 6) is -2.33. The van der Waals surface area contributed by atoms with Crippen molar-refractivity contribution in [3.05, 3.63) is 65.4 Å². The van der Waals surface area contributed by atoms with Crippen LogP contribution in [0.25, 0.3) is 10.9 Å². The van der Waals surface area contributed by atoms with Gasteiger partial charge in [-0.15, -0.1) is 11.6 Å². The highest BCUT2D eigenvalue weighted by Crippen LogP contribution is 2.22. The first-order chi connectivity index (χ1) is 12.0. The monoisotopic (exact) mass is 361 g/mol. The van der Waals surface area contributed by atoms with E-state index < -0.39 is 17.5 Å². The maximum atomic E-state index is 14.0. The molecule has 4 nitrogen and oxygen atoms in total. The summed E-state index contributed by atoms with van der Waals surface area (Å²) in [6.07, 6.45) is 0. The molecule has 0 aliphatic heterocycles. The van der Waals surface area contributed by atoms with E-state index in [-0.39, 0.29) is 23.9 Å². The number of fused-ring (bicyclic) bond motifs is 1. The van der Waals surface area contributed by atoms with Crippen molar-refractivity contribution < 1.29 is 13.6 Å². The van der Waals surface area contributed by atoms with E-state index in [0.717, 1.165) is 22.4 Å². The number of para-hydroxylation sites is 1. The minimum Gasteiger partial charge on any atom is -0.275 e. The summed E-state index contributed by atoms with van der Waals surface area (Å²) >= 11 is 5.67. The first-order valence-electron chi connectivity index (χ1n) is 7.54. The maximum absolute atomic E-state index is 14.0. The number of carbonyl (C=O) groups is 1. The molecule has 2 aromatic carbocycles. The molecular formula is C18H14ClF2N3O. The summed E-state index contributed by atoms with van der Waals surface area (Å²) in [6.45, 7) is 1.43. The first-order valence-corrected chi connectivity index (χ1v) is 8.07. The van der Waals surface area contributed by atoms with Crippen LogP contribution in [0, 0.1) is 18.6 Å². The van der Waals surface area contributed by atoms with Crippen molar-refractivity contribution in [3.63, 3.8) is 0 Å². The number of aryl methyl sites for hydroxylation is 1. The minimum absolute atomic E-state index is 0.0597. The molecule has 0 bridgehead atoms. The average Bonchev–Trinajstić information content (AvgIpc) is 2.61. The van der Waals surface area contributed by atoms with Gasteiger partial charge in [0, 0.05) is 10.9 Å². The topological polar surface area (TPSA) is 46.1 Å². The summed E-state index contributed by atoms with van der Waals surface area (Å²) in [5, 5.41) is 0.835. The van der Waals surface area contributed by atoms with E-state index in [2.05, 4.69) is 9.97 Å². The second-order valence-corrected chi connectivity index (χ2v) is 5.71. The second kappa shape index (κ2) is 7.11. The molecule has 7 heteroatoms. The van der Waals surface area contributed by atoms with Crippen molar-refractivity contribution in [2.24, 2.45) is 0 Å². The Labute approximate surface area is 148 Å². The highest BCUT2D eigenvalue weighted by Gasteiger charge is 2.22. The Kier molecular flexibility index (Phi) is 4.90. The van der Waals surface area contributed by atoms with Crippen LogP contribution in [0.1, 0.15) is 11.3 Å². The Bertz CT molecular complexity index is 929. The standard InChI is InChI=1S/C18H14ClF2N3O/c1-11-12-5-2-3-8-16(12)23-18(22-11)24(17(25)9-19)10-13-14(20)6-4-7-15(13)21/h2-8H,9-10H2,1H3. The van der Waals surface area contributed by atoms with Crippen LogP contribution in [0.3, 0.4) is 0 Å². The van der Waals surface area contributed by atoms with E-state index in [0.29, 0.717) is 11.2 Å². The highest BCUT2D eigenvalue weighted by molar-refractivity contribution is 6.29. The molecule has 0 aliphatic carbocycles. The lowest BCUT2D eigenvalue weighted by atomic mass is 10.2. The molecule has 0 saturated heterocycles. The third kappa shape index (κ3) is 3.44. The van der Waals surface area contributed by atoms with Gasteiger partial charge in [-0.3, -0.25) is 9.69 Å². The molecule has 3 aromatic rings. The molecule has 0 N–H and O–H groups in total. The number of amides is 1. The van der Waals surface area contributed by atoms with Gasteiger partial charge in [0.1, 0.15) is 17.5 Å². The van der Waals surface area contributed by atoms with Gasteiger partial charge in [-0.05, 0) is 25.1 Å². The number of rotatable bonds is 4. The Morgan fingerprint density at radius 1 is 1.08 bits per heavy atom. The zero-order chi connectivity index (χ0) is 18.0. The number of carbonyl (C=O) groups excluding carboxylic acids is 1. The van der Waals surface area contributed by atoms with Crippen molar-refractivity contribution in [1.82, 2.24) is 9.97 Å². The molecule has 0 saturated carbocycles. The van der Waals surface area contributed by atoms with Crippen molar-refractivity contribution in [3.8, 4) is 0 Å². The molecule has 0 atom stereocenters. The third-order valence-corrected chi connectivity index (χ3v) is 4.05. The molecule has 0 radical (unpaired) electrons. The lowest BCUT2D eigenvalue weighted by Gasteiger charge is -2.21. The van der Waals surface area contributed by atoms with E-state index in [9.17, 15) is 13.6 Å². The average molecular weight is 362 g/mol. The summed E-state index contributed by atoms with van der Waals surface area (Å²) < 4.78 is 27.9. The van der Waals surface area contributed by atoms with E-state index in [1.165, 1.54) is 6.07 Å². The molecule has 1 amide bonds. The summed E-state index contributed by atoms with van der Waals surface area (Å²) in [7, 11) is 0. The smallest absolute Gasteiger partial charge is 0.244 e. The molecule has 0 fully saturated rings. The van der Waals surface area contributed by atoms with Gasteiger partial charge in [0.2, 0.25) is 11.9 Å². The maximum Gasteiger partial charge on any atom is 0.244 e. The summed E-state index contributed by atoms with van der Waals surface area (Å²) in [4.78, 5) is 22.0. The number of anilines is 1. The predicted octanol–water partition coefficient (Wildman–Crippen LogP) is 3.99. The second-order valence-electron chi connectivity index (χ2n) is 5.44. The van der Waals surface area contributed by atoms with Gasteiger partial charge in [0.15, 0.2) is 0 Å². The number of benzene rings is 2. The van der Waals surface area contributed by atoms with Crippen molar-refractivity contribution in [2.45, 2.75) is 13.5 Å². The number of halogens is 3. The molecule has 0 unspecified atom stereocenters. The Hall–Kier alpha value is -2.60. The molecule has 0 spiro atoms. The lowest BCUT2D eigenvalue weighted by Crippen LogP contribution is -2.33. The van der Waals surface area contributed by atoms with Gasteiger partial charge in [-0.25, -0.2) is 18.7 Å². The van der Waals surface area contributed by atoms with Crippen molar-refractivity contribution in [2.75, 3.05) is 10.8 Å². The fraction of sp³-hybridized carbons (Fsp3) is 0.167. The van der Waals surface area contributed by atoms with Crippen LogP contribution in [0.2, 0.25) is 0 Å². The fourth-order valence-corrected chi connectivity index (χ4v) is 2.67. The van der Waals surface area contributed by atoms with Gasteiger partial charge < -0.3 is 0 Å². The third-order valence-electron chi connectivity index (χ3n) is 3.82. The normalized spacial score (nSPS) is 10.9. The van der Waals surface area contributed by atoms with Crippen LogP contribution < -0.4 is 4.90 Å². The Morgan fingerprint density at radius 2 is 1.76 bits per heavy atom. The van der Waals surface area contributed by atoms with Gasteiger partial charge >= 0.3 is 0 Å². The fourth-order valence-electron chi connectivity index (χ4n) is 2.52. The van der Waals surface area contributed by atoms with Gasteiger partial charge in [0.25, 0.3) is 0 Å². The zero-order valence-corrected chi connectivity index (χ0v) is 14.1. The van der Waals surface area contributed by atoms with Crippen LogP contribution in [0.5, 0.6) is 0 Å². The van der Waals surface area contributed by atoms with Crippen molar-refractivity contribution >= 4 is 34.4 Å². The molecular weight excluding hydrogens is 348 g/mol. The number of nitrogens with zero attached hydrogens (tertiary/aromatic N) is 3. The number of hydrogen-bond donors (Lipinski definition) is 0. The van der Waals surface area contributed by atoms with E-state index in [4.69, 9.17) is 11.6 Å². The SMILES string of the molecule is Cc1nc(N(Cc2c(F)cccc2F)C(=O)CCl)nc2ccccc12. The number of aromatic nitrogens is 2. The molecule has 25 heavy (non-hydrogen) atoms. The van der Waals surface area contributed by atoms with Gasteiger partial charge in [0.05, 0.1) is 17.8 Å². The van der Waals surface area contributed by atoms with Gasteiger partial charge in [-0.2, -0.15) is 0 Å². The summed E-state index contributed by atoms with van der Waals surface area (Å²) in [5.41, 5.74) is 1.05.